The van der Waals surface area contributed by atoms with Gasteiger partial charge in [-0.15, -0.1) is 23.1 Å². The molecule has 0 saturated carbocycles. The van der Waals surface area contributed by atoms with Gasteiger partial charge in [-0.2, -0.15) is 0 Å². The van der Waals surface area contributed by atoms with E-state index >= 15 is 0 Å². The highest BCUT2D eigenvalue weighted by Crippen LogP contribution is 2.42. The standard InChI is InChI=1S/C9H14N2S2/c1-6-4-13-9(11(6)2)8-3-7(10)5-12-8/h3,5-6,9H,4,10H2,1-2H3. The highest BCUT2D eigenvalue weighted by atomic mass is 32.2. The van der Waals surface area contributed by atoms with Crippen molar-refractivity contribution in [1.29, 1.82) is 0 Å². The predicted molar refractivity (Wildman–Crippen MR) is 61.2 cm³/mol. The van der Waals surface area contributed by atoms with Crippen LogP contribution in [0.3, 0.4) is 0 Å². The molecule has 2 nitrogen and oxygen atoms in total. The van der Waals surface area contributed by atoms with Crippen LogP contribution in [-0.4, -0.2) is 23.7 Å². The number of thioether (sulfide) groups is 1. The van der Waals surface area contributed by atoms with Crippen LogP contribution in [0.4, 0.5) is 5.69 Å². The first-order valence-corrected chi connectivity index (χ1v) is 6.29. The molecule has 13 heavy (non-hydrogen) atoms. The van der Waals surface area contributed by atoms with Crippen LogP contribution in [0.25, 0.3) is 0 Å². The van der Waals surface area contributed by atoms with E-state index in [0.717, 1.165) is 5.69 Å². The van der Waals surface area contributed by atoms with E-state index in [1.165, 1.54) is 10.6 Å². The molecule has 1 aromatic heterocycles. The lowest BCUT2D eigenvalue weighted by Crippen LogP contribution is -2.25. The molecule has 2 unspecified atom stereocenters. The Kier molecular flexibility index (Phi) is 2.53. The number of thiophene rings is 1. The van der Waals surface area contributed by atoms with Crippen molar-refractivity contribution in [3.8, 4) is 0 Å². The van der Waals surface area contributed by atoms with Gasteiger partial charge in [0.2, 0.25) is 0 Å². The van der Waals surface area contributed by atoms with Gasteiger partial charge in [-0.05, 0) is 20.0 Å². The summed E-state index contributed by atoms with van der Waals surface area (Å²) in [7, 11) is 2.19. The Bertz CT molecular complexity index is 298. The van der Waals surface area contributed by atoms with Gasteiger partial charge < -0.3 is 5.73 Å². The van der Waals surface area contributed by atoms with E-state index in [0.29, 0.717) is 11.4 Å². The molecular weight excluding hydrogens is 200 g/mol. The molecule has 1 saturated heterocycles. The maximum Gasteiger partial charge on any atom is 0.0909 e. The van der Waals surface area contributed by atoms with Gasteiger partial charge in [0.25, 0.3) is 0 Å². The number of nitrogens with zero attached hydrogens (tertiary/aromatic N) is 1. The summed E-state index contributed by atoms with van der Waals surface area (Å²) in [6.07, 6.45) is 0. The zero-order valence-electron chi connectivity index (χ0n) is 7.86. The third-order valence-electron chi connectivity index (χ3n) is 2.44. The lowest BCUT2D eigenvalue weighted by molar-refractivity contribution is 0.284. The Morgan fingerprint density at radius 1 is 1.62 bits per heavy atom. The Labute approximate surface area is 87.1 Å². The summed E-state index contributed by atoms with van der Waals surface area (Å²) in [5.74, 6) is 1.22. The Morgan fingerprint density at radius 3 is 2.85 bits per heavy atom. The number of hydrogen-bond acceptors (Lipinski definition) is 4. The molecule has 1 aromatic rings. The maximum atomic E-state index is 5.71. The smallest absolute Gasteiger partial charge is 0.0909 e. The molecule has 2 atom stereocenters. The van der Waals surface area contributed by atoms with Gasteiger partial charge in [-0.25, -0.2) is 0 Å². The van der Waals surface area contributed by atoms with Crippen molar-refractivity contribution < 1.29 is 0 Å². The van der Waals surface area contributed by atoms with Crippen molar-refractivity contribution in [2.75, 3.05) is 18.5 Å². The van der Waals surface area contributed by atoms with Crippen molar-refractivity contribution in [2.24, 2.45) is 0 Å². The van der Waals surface area contributed by atoms with Gasteiger partial charge in [-0.3, -0.25) is 4.90 Å². The maximum absolute atomic E-state index is 5.71. The summed E-state index contributed by atoms with van der Waals surface area (Å²) in [6, 6.07) is 2.77. The monoisotopic (exact) mass is 214 g/mol. The van der Waals surface area contributed by atoms with E-state index in [4.69, 9.17) is 5.73 Å². The average molecular weight is 214 g/mol. The Balaban J connectivity index is 2.18. The summed E-state index contributed by atoms with van der Waals surface area (Å²) in [5, 5.41) is 2.55. The number of nitrogen functional groups attached to an aromatic ring is 1. The molecular formula is C9H14N2S2. The van der Waals surface area contributed by atoms with Crippen LogP contribution in [0.5, 0.6) is 0 Å². The van der Waals surface area contributed by atoms with Crippen LogP contribution in [0.15, 0.2) is 11.4 Å². The molecule has 0 bridgehead atoms. The normalized spacial score (nSPS) is 29.7. The summed E-state index contributed by atoms with van der Waals surface area (Å²) in [6.45, 7) is 2.27. The van der Waals surface area contributed by atoms with Crippen LogP contribution in [0, 0.1) is 0 Å². The topological polar surface area (TPSA) is 29.3 Å². The Hall–Kier alpha value is -0.190. The number of nitrogens with two attached hydrogens (primary N) is 1. The minimum atomic E-state index is 0.525. The molecule has 0 aromatic carbocycles. The summed E-state index contributed by atoms with van der Waals surface area (Å²) in [4.78, 5) is 3.80. The zero-order chi connectivity index (χ0) is 9.42. The lowest BCUT2D eigenvalue weighted by atomic mass is 10.3. The molecule has 72 valence electrons. The van der Waals surface area contributed by atoms with Gasteiger partial charge in [0.05, 0.1) is 5.37 Å². The average Bonchev–Trinajstić information content (AvgIpc) is 2.62. The van der Waals surface area contributed by atoms with E-state index in [1.54, 1.807) is 11.3 Å². The first kappa shape index (κ1) is 9.37. The SMILES string of the molecule is CC1CSC(c2cc(N)cs2)N1C. The van der Waals surface area contributed by atoms with Gasteiger partial charge in [0, 0.05) is 27.7 Å². The van der Waals surface area contributed by atoms with E-state index in [-0.39, 0.29) is 0 Å². The van der Waals surface area contributed by atoms with Crippen molar-refractivity contribution in [3.63, 3.8) is 0 Å². The quantitative estimate of drug-likeness (QED) is 0.778. The predicted octanol–water partition coefficient (Wildman–Crippen LogP) is 2.40. The molecule has 2 N–H and O–H groups in total. The fraction of sp³-hybridized carbons (Fsp3) is 0.556. The number of rotatable bonds is 1. The Morgan fingerprint density at radius 2 is 2.38 bits per heavy atom. The van der Waals surface area contributed by atoms with Crippen molar-refractivity contribution in [2.45, 2.75) is 18.3 Å². The second-order valence-corrected chi connectivity index (χ2v) is 5.54. The second kappa shape index (κ2) is 3.52. The second-order valence-electron chi connectivity index (χ2n) is 3.48. The minimum absolute atomic E-state index is 0.525. The van der Waals surface area contributed by atoms with Crippen LogP contribution < -0.4 is 5.73 Å². The van der Waals surface area contributed by atoms with E-state index in [1.807, 2.05) is 17.1 Å². The zero-order valence-corrected chi connectivity index (χ0v) is 9.49. The van der Waals surface area contributed by atoms with Crippen molar-refractivity contribution >= 4 is 28.8 Å². The van der Waals surface area contributed by atoms with Crippen LogP contribution in [0.1, 0.15) is 17.2 Å². The molecule has 1 fully saturated rings. The van der Waals surface area contributed by atoms with Crippen LogP contribution >= 0.6 is 23.1 Å². The highest BCUT2D eigenvalue weighted by molar-refractivity contribution is 7.99. The molecule has 2 heterocycles. The largest absolute Gasteiger partial charge is 0.398 e. The molecule has 0 spiro atoms. The van der Waals surface area contributed by atoms with E-state index in [9.17, 15) is 0 Å². The first-order valence-electron chi connectivity index (χ1n) is 4.36. The van der Waals surface area contributed by atoms with Gasteiger partial charge in [0.15, 0.2) is 0 Å². The third-order valence-corrected chi connectivity index (χ3v) is 5.17. The van der Waals surface area contributed by atoms with Crippen molar-refractivity contribution in [1.82, 2.24) is 4.90 Å². The number of anilines is 1. The van der Waals surface area contributed by atoms with Gasteiger partial charge >= 0.3 is 0 Å². The molecule has 1 aliphatic heterocycles. The molecule has 0 aliphatic carbocycles. The molecule has 1 aliphatic rings. The lowest BCUT2D eigenvalue weighted by Gasteiger charge is -2.20. The first-order chi connectivity index (χ1) is 6.18. The molecule has 0 radical (unpaired) electrons. The van der Waals surface area contributed by atoms with Crippen molar-refractivity contribution in [3.05, 3.63) is 16.3 Å². The molecule has 4 heteroatoms. The third kappa shape index (κ3) is 1.71. The fourth-order valence-corrected chi connectivity index (χ4v) is 4.05. The van der Waals surface area contributed by atoms with Crippen LogP contribution in [0.2, 0.25) is 0 Å². The summed E-state index contributed by atoms with van der Waals surface area (Å²) >= 11 is 3.77. The van der Waals surface area contributed by atoms with E-state index < -0.39 is 0 Å². The molecule has 2 rings (SSSR count). The fourth-order valence-electron chi connectivity index (χ4n) is 1.48. The summed E-state index contributed by atoms with van der Waals surface area (Å²) < 4.78 is 0. The highest BCUT2D eigenvalue weighted by Gasteiger charge is 2.29. The van der Waals surface area contributed by atoms with Gasteiger partial charge in [0.1, 0.15) is 0 Å². The minimum Gasteiger partial charge on any atom is -0.398 e. The van der Waals surface area contributed by atoms with Crippen LogP contribution in [-0.2, 0) is 0 Å². The summed E-state index contributed by atoms with van der Waals surface area (Å²) in [5.41, 5.74) is 6.61. The molecule has 0 amide bonds. The van der Waals surface area contributed by atoms with E-state index in [2.05, 4.69) is 24.9 Å². The van der Waals surface area contributed by atoms with Gasteiger partial charge in [-0.1, -0.05) is 0 Å². The number of hydrogen-bond donors (Lipinski definition) is 1.